The quantitative estimate of drug-likeness (QED) is 0.770. The van der Waals surface area contributed by atoms with E-state index in [1.807, 2.05) is 4.90 Å². The van der Waals surface area contributed by atoms with E-state index >= 15 is 0 Å². The first-order valence-electron chi connectivity index (χ1n) is 7.81. The monoisotopic (exact) mass is 282 g/mol. The predicted octanol–water partition coefficient (Wildman–Crippen LogP) is 1.61. The van der Waals surface area contributed by atoms with Crippen LogP contribution in [0, 0.1) is 11.3 Å². The molecule has 1 heterocycles. The molecule has 0 aromatic heterocycles. The molecule has 2 fully saturated rings. The zero-order valence-corrected chi connectivity index (χ0v) is 12.1. The average Bonchev–Trinajstić information content (AvgIpc) is 2.73. The second-order valence-corrected chi connectivity index (χ2v) is 6.30. The third-order valence-corrected chi connectivity index (χ3v) is 5.04. The summed E-state index contributed by atoms with van der Waals surface area (Å²) >= 11 is 0. The smallest absolute Gasteiger partial charge is 0.306 e. The lowest BCUT2D eigenvalue weighted by atomic mass is 9.78. The van der Waals surface area contributed by atoms with Gasteiger partial charge in [-0.3, -0.25) is 9.59 Å². The van der Waals surface area contributed by atoms with E-state index in [0.717, 1.165) is 25.7 Å². The van der Waals surface area contributed by atoms with Crippen LogP contribution in [0.25, 0.3) is 0 Å². The highest BCUT2D eigenvalue weighted by molar-refractivity contribution is 5.83. The Morgan fingerprint density at radius 3 is 2.10 bits per heavy atom. The number of piperidine rings is 1. The van der Waals surface area contributed by atoms with Crippen molar-refractivity contribution in [3.05, 3.63) is 0 Å². The molecule has 1 aliphatic carbocycles. The van der Waals surface area contributed by atoms with Gasteiger partial charge in [0.05, 0.1) is 11.3 Å². The van der Waals surface area contributed by atoms with E-state index in [1.54, 1.807) is 0 Å². The molecule has 1 saturated heterocycles. The molecule has 1 aliphatic heterocycles. The van der Waals surface area contributed by atoms with Crippen LogP contribution in [0.1, 0.15) is 51.4 Å². The summed E-state index contributed by atoms with van der Waals surface area (Å²) < 4.78 is 0. The minimum atomic E-state index is -0.736. The number of rotatable bonds is 3. The van der Waals surface area contributed by atoms with Crippen molar-refractivity contribution in [1.82, 2.24) is 4.90 Å². The number of likely N-dealkylation sites (tertiary alicyclic amines) is 1. The highest BCUT2D eigenvalue weighted by Crippen LogP contribution is 2.37. The summed E-state index contributed by atoms with van der Waals surface area (Å²) in [6.45, 7) is 1.56. The van der Waals surface area contributed by atoms with Crippen LogP contribution in [0.4, 0.5) is 0 Å². The van der Waals surface area contributed by atoms with Gasteiger partial charge in [0.2, 0.25) is 5.91 Å². The number of carbonyl (C=O) groups excluding carboxylic acids is 1. The molecule has 5 heteroatoms. The van der Waals surface area contributed by atoms with Crippen LogP contribution in [0.3, 0.4) is 0 Å². The lowest BCUT2D eigenvalue weighted by Gasteiger charge is -2.38. The van der Waals surface area contributed by atoms with Crippen molar-refractivity contribution in [1.29, 1.82) is 0 Å². The summed E-state index contributed by atoms with van der Waals surface area (Å²) in [5.41, 5.74) is 5.57. The molecule has 0 unspecified atom stereocenters. The van der Waals surface area contributed by atoms with E-state index in [2.05, 4.69) is 0 Å². The second-order valence-electron chi connectivity index (χ2n) is 6.30. The van der Waals surface area contributed by atoms with Crippen molar-refractivity contribution in [3.63, 3.8) is 0 Å². The standard InChI is InChI=1S/C15H26N2O3/c16-11-15(7-3-1-2-4-8-15)14(20)17-9-5-12(6-10-17)13(18)19/h12H,1-11,16H2,(H,18,19). The Bertz CT molecular complexity index is 354. The van der Waals surface area contributed by atoms with E-state index in [-0.39, 0.29) is 17.2 Å². The lowest BCUT2D eigenvalue weighted by molar-refractivity contribution is -0.149. The van der Waals surface area contributed by atoms with Gasteiger partial charge in [0.1, 0.15) is 0 Å². The largest absolute Gasteiger partial charge is 0.481 e. The Morgan fingerprint density at radius 2 is 1.65 bits per heavy atom. The molecule has 20 heavy (non-hydrogen) atoms. The van der Waals surface area contributed by atoms with Crippen molar-refractivity contribution >= 4 is 11.9 Å². The molecule has 0 aromatic rings. The van der Waals surface area contributed by atoms with Gasteiger partial charge in [-0.15, -0.1) is 0 Å². The van der Waals surface area contributed by atoms with Gasteiger partial charge in [-0.2, -0.15) is 0 Å². The Kier molecular flexibility index (Phi) is 5.02. The van der Waals surface area contributed by atoms with E-state index in [1.165, 1.54) is 12.8 Å². The number of carbonyl (C=O) groups is 2. The molecule has 0 radical (unpaired) electrons. The number of hydrogen-bond acceptors (Lipinski definition) is 3. The van der Waals surface area contributed by atoms with Gasteiger partial charge in [-0.1, -0.05) is 25.7 Å². The fourth-order valence-electron chi connectivity index (χ4n) is 3.58. The molecule has 1 saturated carbocycles. The number of hydrogen-bond donors (Lipinski definition) is 2. The Labute approximate surface area is 120 Å². The zero-order chi connectivity index (χ0) is 14.6. The maximum absolute atomic E-state index is 12.8. The van der Waals surface area contributed by atoms with Crippen LogP contribution in [0.5, 0.6) is 0 Å². The van der Waals surface area contributed by atoms with Gasteiger partial charge >= 0.3 is 5.97 Å². The van der Waals surface area contributed by atoms with Gasteiger partial charge in [0.15, 0.2) is 0 Å². The maximum atomic E-state index is 12.8. The summed E-state index contributed by atoms with van der Waals surface area (Å²) in [5.74, 6) is -0.854. The first-order chi connectivity index (χ1) is 9.59. The minimum absolute atomic E-state index is 0.172. The topological polar surface area (TPSA) is 83.6 Å². The van der Waals surface area contributed by atoms with Crippen molar-refractivity contribution in [3.8, 4) is 0 Å². The van der Waals surface area contributed by atoms with E-state index < -0.39 is 5.97 Å². The van der Waals surface area contributed by atoms with Gasteiger partial charge in [-0.25, -0.2) is 0 Å². The molecular weight excluding hydrogens is 256 g/mol. The first-order valence-corrected chi connectivity index (χ1v) is 7.81. The van der Waals surface area contributed by atoms with Crippen LogP contribution < -0.4 is 5.73 Å². The summed E-state index contributed by atoms with van der Waals surface area (Å²) in [5, 5.41) is 9.02. The predicted molar refractivity (Wildman–Crippen MR) is 76.1 cm³/mol. The number of aliphatic carboxylic acids is 1. The molecule has 2 aliphatic rings. The van der Waals surface area contributed by atoms with Crippen molar-refractivity contribution in [2.24, 2.45) is 17.1 Å². The molecule has 3 N–H and O–H groups in total. The van der Waals surface area contributed by atoms with Crippen molar-refractivity contribution in [2.45, 2.75) is 51.4 Å². The lowest BCUT2D eigenvalue weighted by Crippen LogP contribution is -2.50. The fraction of sp³-hybridized carbons (Fsp3) is 0.867. The highest BCUT2D eigenvalue weighted by Gasteiger charge is 2.41. The SMILES string of the molecule is NCC1(C(=O)N2CCC(C(=O)O)CC2)CCCCCC1. The maximum Gasteiger partial charge on any atom is 0.306 e. The molecule has 114 valence electrons. The van der Waals surface area contributed by atoms with E-state index in [0.29, 0.717) is 32.5 Å². The highest BCUT2D eigenvalue weighted by atomic mass is 16.4. The van der Waals surface area contributed by atoms with Crippen LogP contribution >= 0.6 is 0 Å². The van der Waals surface area contributed by atoms with Gasteiger partial charge < -0.3 is 15.7 Å². The van der Waals surface area contributed by atoms with Crippen LogP contribution in [0.2, 0.25) is 0 Å². The van der Waals surface area contributed by atoms with Crippen LogP contribution in [-0.2, 0) is 9.59 Å². The number of amides is 1. The molecular formula is C15H26N2O3. The molecule has 1 amide bonds. The summed E-state index contributed by atoms with van der Waals surface area (Å²) in [7, 11) is 0. The Balaban J connectivity index is 2.00. The summed E-state index contributed by atoms with van der Waals surface area (Å²) in [4.78, 5) is 25.7. The minimum Gasteiger partial charge on any atom is -0.481 e. The Hall–Kier alpha value is -1.10. The zero-order valence-electron chi connectivity index (χ0n) is 12.1. The van der Waals surface area contributed by atoms with Gasteiger partial charge in [0, 0.05) is 19.6 Å². The van der Waals surface area contributed by atoms with Gasteiger partial charge in [0.25, 0.3) is 0 Å². The van der Waals surface area contributed by atoms with Crippen LogP contribution in [-0.4, -0.2) is 41.5 Å². The third-order valence-electron chi connectivity index (χ3n) is 5.04. The third kappa shape index (κ3) is 3.14. The number of nitrogens with two attached hydrogens (primary N) is 1. The summed E-state index contributed by atoms with van der Waals surface area (Å²) in [6, 6.07) is 0. The first kappa shape index (κ1) is 15.3. The number of nitrogens with zero attached hydrogens (tertiary/aromatic N) is 1. The molecule has 0 spiro atoms. The molecule has 0 aromatic carbocycles. The average molecular weight is 282 g/mol. The van der Waals surface area contributed by atoms with E-state index in [4.69, 9.17) is 10.8 Å². The van der Waals surface area contributed by atoms with Gasteiger partial charge in [-0.05, 0) is 25.7 Å². The van der Waals surface area contributed by atoms with Crippen molar-refractivity contribution < 1.29 is 14.7 Å². The van der Waals surface area contributed by atoms with Crippen LogP contribution in [0.15, 0.2) is 0 Å². The molecule has 0 bridgehead atoms. The normalized spacial score (nSPS) is 24.1. The second kappa shape index (κ2) is 6.57. The molecule has 5 nitrogen and oxygen atoms in total. The Morgan fingerprint density at radius 1 is 1.10 bits per heavy atom. The van der Waals surface area contributed by atoms with Crippen molar-refractivity contribution in [2.75, 3.05) is 19.6 Å². The van der Waals surface area contributed by atoms with E-state index in [9.17, 15) is 9.59 Å². The summed E-state index contributed by atoms with van der Waals surface area (Å²) in [6.07, 6.45) is 7.46. The number of carboxylic acid groups (broad SMARTS) is 1. The number of carboxylic acids is 1. The fourth-order valence-corrected chi connectivity index (χ4v) is 3.58. The molecule has 2 rings (SSSR count). The molecule has 0 atom stereocenters.